The highest BCUT2D eigenvalue weighted by molar-refractivity contribution is 7.99. The monoisotopic (exact) mass is 141 g/mol. The van der Waals surface area contributed by atoms with Crippen LogP contribution >= 0.6 is 0 Å². The molecule has 0 unspecified atom stereocenters. The van der Waals surface area contributed by atoms with Gasteiger partial charge in [0.1, 0.15) is 17.4 Å². The van der Waals surface area contributed by atoms with Crippen molar-refractivity contribution < 1.29 is 0 Å². The van der Waals surface area contributed by atoms with E-state index in [1.165, 1.54) is 12.8 Å². The van der Waals surface area contributed by atoms with Crippen LogP contribution < -0.4 is 0 Å². The predicted octanol–water partition coefficient (Wildman–Crippen LogP) is 2.10. The van der Waals surface area contributed by atoms with E-state index in [1.807, 2.05) is 0 Å². The van der Waals surface area contributed by atoms with E-state index < -0.39 is 0 Å². The van der Waals surface area contributed by atoms with Crippen molar-refractivity contribution in [2.75, 3.05) is 12.5 Å². The van der Waals surface area contributed by atoms with Gasteiger partial charge >= 0.3 is 0 Å². The summed E-state index contributed by atoms with van der Waals surface area (Å²) in [7, 11) is 0.508. The molecule has 0 atom stereocenters. The summed E-state index contributed by atoms with van der Waals surface area (Å²) in [6, 6.07) is 0. The maximum absolute atomic E-state index is 2.28. The Morgan fingerprint density at radius 2 is 2.22 bits per heavy atom. The first-order chi connectivity index (χ1) is 4.30. The van der Waals surface area contributed by atoms with Crippen molar-refractivity contribution >= 4 is 10.9 Å². The van der Waals surface area contributed by atoms with Crippen molar-refractivity contribution in [1.29, 1.82) is 0 Å². The minimum Gasteiger partial charge on any atom is -0.0839 e. The molecule has 0 aromatic heterocycles. The van der Waals surface area contributed by atoms with E-state index in [1.54, 1.807) is 4.91 Å². The lowest BCUT2D eigenvalue weighted by Crippen LogP contribution is -2.00. The fourth-order valence-electron chi connectivity index (χ4n) is 0.921. The molecule has 0 saturated heterocycles. The largest absolute Gasteiger partial charge is 0.131 e. The number of hydrogen-bond acceptors (Lipinski definition) is 0. The van der Waals surface area contributed by atoms with Crippen LogP contribution in [0.25, 0.3) is 0 Å². The van der Waals surface area contributed by atoms with Crippen LogP contribution in [0, 0.1) is 0 Å². The molecular formula is C8H13S+. The Morgan fingerprint density at radius 3 is 2.56 bits per heavy atom. The van der Waals surface area contributed by atoms with Crippen LogP contribution in [0.15, 0.2) is 23.1 Å². The van der Waals surface area contributed by atoms with Crippen LogP contribution in [0.2, 0.25) is 0 Å². The Labute approximate surface area is 60.0 Å². The molecule has 0 spiro atoms. The van der Waals surface area contributed by atoms with Gasteiger partial charge in [-0.3, -0.25) is 0 Å². The molecule has 0 radical (unpaired) electrons. The molecule has 1 rings (SSSR count). The zero-order valence-electron chi connectivity index (χ0n) is 6.05. The van der Waals surface area contributed by atoms with E-state index in [2.05, 4.69) is 30.7 Å². The van der Waals surface area contributed by atoms with E-state index >= 15 is 0 Å². The van der Waals surface area contributed by atoms with Crippen molar-refractivity contribution in [3.05, 3.63) is 23.1 Å². The molecule has 1 heteroatoms. The molecule has 0 aliphatic heterocycles. The minimum atomic E-state index is 0.508. The molecule has 0 aromatic carbocycles. The van der Waals surface area contributed by atoms with Crippen molar-refractivity contribution in [2.24, 2.45) is 0 Å². The molecular weight excluding hydrogens is 128 g/mol. The van der Waals surface area contributed by atoms with Gasteiger partial charge in [0.15, 0.2) is 0 Å². The molecule has 0 heterocycles. The van der Waals surface area contributed by atoms with Crippen LogP contribution in [0.5, 0.6) is 0 Å². The maximum Gasteiger partial charge on any atom is 0.131 e. The highest BCUT2D eigenvalue weighted by Crippen LogP contribution is 2.16. The molecule has 1 aliphatic rings. The Kier molecular flexibility index (Phi) is 2.40. The summed E-state index contributed by atoms with van der Waals surface area (Å²) < 4.78 is 0. The summed E-state index contributed by atoms with van der Waals surface area (Å²) >= 11 is 0. The third-order valence-electron chi connectivity index (χ3n) is 1.50. The van der Waals surface area contributed by atoms with Crippen LogP contribution in [0.4, 0.5) is 0 Å². The lowest BCUT2D eigenvalue weighted by molar-refractivity contribution is 1.02. The zero-order valence-corrected chi connectivity index (χ0v) is 6.87. The summed E-state index contributed by atoms with van der Waals surface area (Å²) in [4.78, 5) is 1.62. The average Bonchev–Trinajstić information content (AvgIpc) is 1.90. The lowest BCUT2D eigenvalue weighted by Gasteiger charge is -2.02. The second-order valence-corrected chi connectivity index (χ2v) is 4.57. The molecule has 0 saturated carbocycles. The van der Waals surface area contributed by atoms with Crippen molar-refractivity contribution in [3.63, 3.8) is 0 Å². The number of rotatable bonds is 1. The molecule has 0 aromatic rings. The molecule has 50 valence electrons. The highest BCUT2D eigenvalue weighted by Gasteiger charge is 2.11. The summed E-state index contributed by atoms with van der Waals surface area (Å²) in [5.74, 6) is 0. The van der Waals surface area contributed by atoms with Gasteiger partial charge in [-0.05, 0) is 12.5 Å². The lowest BCUT2D eigenvalue weighted by atomic mass is 10.2. The van der Waals surface area contributed by atoms with Crippen LogP contribution in [-0.2, 0) is 10.9 Å². The standard InChI is InChI=1S/C8H13S/c1-9(2)8-6-4-3-5-7-8/h3-4,6H,5,7H2,1-2H3/q+1. The average molecular weight is 141 g/mol. The zero-order chi connectivity index (χ0) is 6.69. The number of hydrogen-bond donors (Lipinski definition) is 0. The quantitative estimate of drug-likeness (QED) is 0.491. The van der Waals surface area contributed by atoms with Crippen LogP contribution in [0.3, 0.4) is 0 Å². The molecule has 0 amide bonds. The first-order valence-corrected chi connectivity index (χ1v) is 5.28. The van der Waals surface area contributed by atoms with Gasteiger partial charge in [-0.25, -0.2) is 0 Å². The molecule has 0 fully saturated rings. The Hall–Kier alpha value is -0.170. The van der Waals surface area contributed by atoms with Crippen LogP contribution in [-0.4, -0.2) is 12.5 Å². The Bertz CT molecular complexity index is 143. The SMILES string of the molecule is C[S+](C)C1=CC=CCC1. The minimum absolute atomic E-state index is 0.508. The predicted molar refractivity (Wildman–Crippen MR) is 45.7 cm³/mol. The van der Waals surface area contributed by atoms with Gasteiger partial charge in [0, 0.05) is 17.3 Å². The Morgan fingerprint density at radius 1 is 1.44 bits per heavy atom. The fourth-order valence-corrected chi connectivity index (χ4v) is 1.80. The first-order valence-electron chi connectivity index (χ1n) is 3.24. The summed E-state index contributed by atoms with van der Waals surface area (Å²) in [5, 5.41) is 0. The van der Waals surface area contributed by atoms with E-state index in [0.717, 1.165) is 0 Å². The summed E-state index contributed by atoms with van der Waals surface area (Å²) in [5.41, 5.74) is 0. The summed E-state index contributed by atoms with van der Waals surface area (Å²) in [6.07, 6.45) is 13.8. The van der Waals surface area contributed by atoms with Gasteiger partial charge in [0.05, 0.1) is 0 Å². The van der Waals surface area contributed by atoms with Gasteiger partial charge in [-0.15, -0.1) is 0 Å². The number of allylic oxidation sites excluding steroid dienone is 4. The highest BCUT2D eigenvalue weighted by atomic mass is 32.2. The molecule has 0 nitrogen and oxygen atoms in total. The first kappa shape index (κ1) is 6.94. The van der Waals surface area contributed by atoms with Crippen molar-refractivity contribution in [2.45, 2.75) is 12.8 Å². The van der Waals surface area contributed by atoms with Gasteiger partial charge in [0.2, 0.25) is 0 Å². The van der Waals surface area contributed by atoms with E-state index in [4.69, 9.17) is 0 Å². The molecule has 0 bridgehead atoms. The van der Waals surface area contributed by atoms with Gasteiger partial charge < -0.3 is 0 Å². The Balaban J connectivity index is 2.57. The molecule has 1 aliphatic carbocycles. The van der Waals surface area contributed by atoms with Gasteiger partial charge in [0.25, 0.3) is 0 Å². The third kappa shape index (κ3) is 1.90. The second kappa shape index (κ2) is 3.11. The molecule has 0 N–H and O–H groups in total. The van der Waals surface area contributed by atoms with Crippen molar-refractivity contribution in [3.8, 4) is 0 Å². The topological polar surface area (TPSA) is 0 Å². The second-order valence-electron chi connectivity index (χ2n) is 2.42. The normalized spacial score (nSPS) is 18.3. The molecule has 9 heavy (non-hydrogen) atoms. The van der Waals surface area contributed by atoms with Gasteiger partial charge in [-0.2, -0.15) is 0 Å². The van der Waals surface area contributed by atoms with Gasteiger partial charge in [-0.1, -0.05) is 12.2 Å². The van der Waals surface area contributed by atoms with Crippen molar-refractivity contribution in [1.82, 2.24) is 0 Å². The third-order valence-corrected chi connectivity index (χ3v) is 2.89. The van der Waals surface area contributed by atoms with E-state index in [0.29, 0.717) is 10.9 Å². The smallest absolute Gasteiger partial charge is 0.0839 e. The fraction of sp³-hybridized carbons (Fsp3) is 0.500. The van der Waals surface area contributed by atoms with E-state index in [-0.39, 0.29) is 0 Å². The van der Waals surface area contributed by atoms with E-state index in [9.17, 15) is 0 Å². The summed E-state index contributed by atoms with van der Waals surface area (Å²) in [6.45, 7) is 0. The van der Waals surface area contributed by atoms with Crippen LogP contribution in [0.1, 0.15) is 12.8 Å². The maximum atomic E-state index is 2.28.